The first-order valence-corrected chi connectivity index (χ1v) is 14.5. The first-order valence-electron chi connectivity index (χ1n) is 13.6. The first-order chi connectivity index (χ1) is 19.1. The van der Waals surface area contributed by atoms with E-state index in [1.54, 1.807) is 11.8 Å². The molecule has 0 bridgehead atoms. The summed E-state index contributed by atoms with van der Waals surface area (Å²) in [6, 6.07) is 20.0. The molecule has 0 spiro atoms. The molecule has 2 aliphatic rings. The lowest BCUT2D eigenvalue weighted by molar-refractivity contribution is -0.149. The van der Waals surface area contributed by atoms with Gasteiger partial charge in [0.25, 0.3) is 5.91 Å². The van der Waals surface area contributed by atoms with E-state index in [2.05, 4.69) is 23.1 Å². The largest absolute Gasteiger partial charge is 0.466 e. The Labute approximate surface area is 233 Å². The average molecular weight is 547 g/mol. The van der Waals surface area contributed by atoms with Crippen LogP contribution >= 0.6 is 11.8 Å². The lowest BCUT2D eigenvalue weighted by Crippen LogP contribution is -2.40. The van der Waals surface area contributed by atoms with E-state index in [9.17, 15) is 9.59 Å². The monoisotopic (exact) mass is 546 g/mol. The van der Waals surface area contributed by atoms with E-state index < -0.39 is 0 Å². The van der Waals surface area contributed by atoms with Crippen LogP contribution in [0.2, 0.25) is 0 Å². The van der Waals surface area contributed by atoms with Crippen molar-refractivity contribution >= 4 is 29.5 Å². The van der Waals surface area contributed by atoms with Gasteiger partial charge in [0.1, 0.15) is 5.82 Å². The van der Waals surface area contributed by atoms with Gasteiger partial charge in [0.15, 0.2) is 5.16 Å². The van der Waals surface area contributed by atoms with Gasteiger partial charge in [-0.15, -0.1) is 0 Å². The van der Waals surface area contributed by atoms with Crippen LogP contribution in [0.5, 0.6) is 0 Å². The summed E-state index contributed by atoms with van der Waals surface area (Å²) in [6.07, 6.45) is 1.28. The molecule has 204 valence electrons. The molecule has 1 amide bonds. The van der Waals surface area contributed by atoms with Crippen LogP contribution in [0.15, 0.2) is 65.8 Å². The summed E-state index contributed by atoms with van der Waals surface area (Å²) in [5.74, 6) is 1.28. The summed E-state index contributed by atoms with van der Waals surface area (Å²) in [6.45, 7) is 6.31. The van der Waals surface area contributed by atoms with E-state index >= 15 is 0 Å². The third kappa shape index (κ3) is 6.96. The number of hydrogen-bond donors (Lipinski definition) is 0. The van der Waals surface area contributed by atoms with E-state index in [1.165, 1.54) is 0 Å². The summed E-state index contributed by atoms with van der Waals surface area (Å²) in [7, 11) is 0. The van der Waals surface area contributed by atoms with Crippen LogP contribution in [0.1, 0.15) is 35.7 Å². The van der Waals surface area contributed by atoms with Gasteiger partial charge in [0.2, 0.25) is 0 Å². The molecule has 2 fully saturated rings. The van der Waals surface area contributed by atoms with Crippen molar-refractivity contribution in [2.24, 2.45) is 5.92 Å². The number of rotatable bonds is 8. The van der Waals surface area contributed by atoms with Crippen molar-refractivity contribution < 1.29 is 19.1 Å². The molecule has 9 heteroatoms. The van der Waals surface area contributed by atoms with Crippen LogP contribution in [0.25, 0.3) is 11.3 Å². The zero-order valence-electron chi connectivity index (χ0n) is 22.3. The number of likely N-dealkylation sites (tertiary alicyclic amines) is 1. The number of thioether (sulfide) groups is 1. The molecule has 5 rings (SSSR count). The molecule has 1 aromatic heterocycles. The number of aromatic nitrogens is 2. The minimum atomic E-state index is -0.154. The summed E-state index contributed by atoms with van der Waals surface area (Å²) >= 11 is 1.57. The van der Waals surface area contributed by atoms with Gasteiger partial charge in [0.05, 0.1) is 31.4 Å². The number of nitrogens with zero attached hydrogens (tertiary/aromatic N) is 4. The van der Waals surface area contributed by atoms with E-state index in [1.807, 2.05) is 54.3 Å². The smallest absolute Gasteiger partial charge is 0.309 e. The Morgan fingerprint density at radius 1 is 0.974 bits per heavy atom. The standard InChI is InChI=1S/C30H34N4O4S/c1-2-38-29(36)24-11-13-34(14-12-24)28(35)25-10-6-7-22(19-25)21-39-30-31-26(23-8-4-3-5-9-23)20-27(32-30)33-15-17-37-18-16-33/h3-10,19-20,24H,2,11-18,21H2,1H3. The Morgan fingerprint density at radius 2 is 1.74 bits per heavy atom. The molecule has 8 nitrogen and oxygen atoms in total. The number of anilines is 1. The fourth-order valence-electron chi connectivity index (χ4n) is 4.89. The number of ether oxygens (including phenoxy) is 2. The highest BCUT2D eigenvalue weighted by Crippen LogP contribution is 2.28. The summed E-state index contributed by atoms with van der Waals surface area (Å²) in [5, 5.41) is 0.704. The Morgan fingerprint density at radius 3 is 2.49 bits per heavy atom. The van der Waals surface area contributed by atoms with Gasteiger partial charge in [0, 0.05) is 49.1 Å². The number of piperidine rings is 1. The maximum Gasteiger partial charge on any atom is 0.309 e. The van der Waals surface area contributed by atoms with Crippen LogP contribution in [0, 0.1) is 5.92 Å². The summed E-state index contributed by atoms with van der Waals surface area (Å²) in [4.78, 5) is 39.1. The molecular formula is C30H34N4O4S. The lowest BCUT2D eigenvalue weighted by atomic mass is 9.96. The predicted octanol–water partition coefficient (Wildman–Crippen LogP) is 4.69. The molecule has 2 saturated heterocycles. The van der Waals surface area contributed by atoms with E-state index in [4.69, 9.17) is 19.4 Å². The van der Waals surface area contributed by atoms with Gasteiger partial charge in [-0.05, 0) is 37.5 Å². The molecule has 0 N–H and O–H groups in total. The van der Waals surface area contributed by atoms with E-state index in [0.717, 1.165) is 35.7 Å². The Bertz CT molecular complexity index is 1270. The van der Waals surface area contributed by atoms with E-state index in [-0.39, 0.29) is 17.8 Å². The van der Waals surface area contributed by atoms with Crippen LogP contribution in [-0.2, 0) is 20.0 Å². The van der Waals surface area contributed by atoms with Crippen LogP contribution in [0.4, 0.5) is 5.82 Å². The highest BCUT2D eigenvalue weighted by atomic mass is 32.2. The molecule has 3 aromatic rings. The third-order valence-electron chi connectivity index (χ3n) is 7.04. The molecule has 0 aliphatic carbocycles. The molecule has 2 aromatic carbocycles. The lowest BCUT2D eigenvalue weighted by Gasteiger charge is -2.31. The van der Waals surface area contributed by atoms with Gasteiger partial charge < -0.3 is 19.3 Å². The fraction of sp³-hybridized carbons (Fsp3) is 0.400. The number of amides is 1. The predicted molar refractivity (Wildman–Crippen MR) is 152 cm³/mol. The van der Waals surface area contributed by atoms with Crippen molar-refractivity contribution in [2.45, 2.75) is 30.7 Å². The second-order valence-electron chi connectivity index (χ2n) is 9.67. The van der Waals surface area contributed by atoms with Gasteiger partial charge in [-0.25, -0.2) is 9.97 Å². The number of benzene rings is 2. The Hall–Kier alpha value is -3.43. The minimum absolute atomic E-state index is 0.00101. The van der Waals surface area contributed by atoms with Gasteiger partial charge in [-0.2, -0.15) is 0 Å². The van der Waals surface area contributed by atoms with Gasteiger partial charge >= 0.3 is 5.97 Å². The van der Waals surface area contributed by atoms with Crippen molar-refractivity contribution in [1.29, 1.82) is 0 Å². The minimum Gasteiger partial charge on any atom is -0.466 e. The number of carbonyl (C=O) groups excluding carboxylic acids is 2. The molecular weight excluding hydrogens is 512 g/mol. The number of carbonyl (C=O) groups is 2. The normalized spacial score (nSPS) is 16.2. The summed E-state index contributed by atoms with van der Waals surface area (Å²) < 4.78 is 10.7. The maximum absolute atomic E-state index is 13.2. The molecule has 0 atom stereocenters. The SMILES string of the molecule is CCOC(=O)C1CCN(C(=O)c2cccc(CSc3nc(-c4ccccc4)cc(N4CCOCC4)n3)c2)CC1. The topological polar surface area (TPSA) is 84.9 Å². The first kappa shape index (κ1) is 27.1. The van der Waals surface area contributed by atoms with Crippen molar-refractivity contribution in [3.63, 3.8) is 0 Å². The number of esters is 1. The fourth-order valence-corrected chi connectivity index (χ4v) is 5.69. The van der Waals surface area contributed by atoms with Crippen molar-refractivity contribution in [3.05, 3.63) is 71.8 Å². The summed E-state index contributed by atoms with van der Waals surface area (Å²) in [5.41, 5.74) is 3.64. The number of hydrogen-bond acceptors (Lipinski definition) is 8. The zero-order chi connectivity index (χ0) is 27.0. The average Bonchev–Trinajstić information content (AvgIpc) is 3.01. The van der Waals surface area contributed by atoms with Crippen molar-refractivity contribution in [1.82, 2.24) is 14.9 Å². The Kier molecular flexibility index (Phi) is 9.11. The molecule has 0 radical (unpaired) electrons. The zero-order valence-corrected chi connectivity index (χ0v) is 23.1. The quantitative estimate of drug-likeness (QED) is 0.229. The van der Waals surface area contributed by atoms with Crippen LogP contribution < -0.4 is 4.90 Å². The second kappa shape index (κ2) is 13.1. The van der Waals surface area contributed by atoms with Crippen molar-refractivity contribution in [2.75, 3.05) is 50.9 Å². The maximum atomic E-state index is 13.2. The Balaban J connectivity index is 1.27. The molecule has 0 unspecified atom stereocenters. The molecule has 3 heterocycles. The highest BCUT2D eigenvalue weighted by Gasteiger charge is 2.28. The van der Waals surface area contributed by atoms with E-state index in [0.29, 0.717) is 62.2 Å². The second-order valence-corrected chi connectivity index (χ2v) is 10.6. The molecule has 39 heavy (non-hydrogen) atoms. The third-order valence-corrected chi connectivity index (χ3v) is 7.96. The van der Waals surface area contributed by atoms with Crippen LogP contribution in [0.3, 0.4) is 0 Å². The highest BCUT2D eigenvalue weighted by molar-refractivity contribution is 7.98. The number of morpholine rings is 1. The molecule has 0 saturated carbocycles. The van der Waals surface area contributed by atoms with Crippen LogP contribution in [-0.4, -0.2) is 72.7 Å². The van der Waals surface area contributed by atoms with Gasteiger partial charge in [-0.3, -0.25) is 9.59 Å². The molecule has 2 aliphatic heterocycles. The van der Waals surface area contributed by atoms with Crippen molar-refractivity contribution in [3.8, 4) is 11.3 Å². The van der Waals surface area contributed by atoms with Gasteiger partial charge in [-0.1, -0.05) is 54.2 Å².